The summed E-state index contributed by atoms with van der Waals surface area (Å²) in [6.07, 6.45) is 0.737. The third-order valence-electron chi connectivity index (χ3n) is 4.60. The molecule has 0 radical (unpaired) electrons. The van der Waals surface area contributed by atoms with E-state index in [0.717, 1.165) is 12.8 Å². The first kappa shape index (κ1) is 20.5. The van der Waals surface area contributed by atoms with Gasteiger partial charge in [-0.3, -0.25) is 0 Å². The topological polar surface area (TPSA) is 73.9 Å². The molecule has 2 atom stereocenters. The fourth-order valence-corrected chi connectivity index (χ4v) is 2.68. The van der Waals surface area contributed by atoms with Crippen LogP contribution >= 0.6 is 0 Å². The Balaban J connectivity index is 2.42. The maximum atomic E-state index is 11.9. The van der Waals surface area contributed by atoms with E-state index >= 15 is 0 Å². The van der Waals surface area contributed by atoms with E-state index in [0.29, 0.717) is 11.5 Å². The van der Waals surface area contributed by atoms with Crippen LogP contribution in [0.5, 0.6) is 0 Å². The molecule has 0 aromatic heterocycles. The Hall–Kier alpha value is -1.56. The van der Waals surface area contributed by atoms with Gasteiger partial charge in [-0.15, -0.1) is 0 Å². The average Bonchev–Trinajstić information content (AvgIpc) is 2.45. The van der Waals surface area contributed by atoms with Crippen LogP contribution in [0.25, 0.3) is 0 Å². The highest BCUT2D eigenvalue weighted by Gasteiger charge is 2.46. The lowest BCUT2D eigenvalue weighted by Gasteiger charge is -2.49. The Morgan fingerprint density at radius 2 is 1.96 bits per heavy atom. The van der Waals surface area contributed by atoms with Crippen molar-refractivity contribution in [2.24, 2.45) is 5.92 Å². The minimum absolute atomic E-state index is 0.0801. The lowest BCUT2D eigenvalue weighted by molar-refractivity contribution is -0.228. The summed E-state index contributed by atoms with van der Waals surface area (Å²) < 4.78 is 16.6. The zero-order valence-electron chi connectivity index (χ0n) is 15.7. The summed E-state index contributed by atoms with van der Waals surface area (Å²) in [7, 11) is 0. The van der Waals surface area contributed by atoms with Crippen molar-refractivity contribution in [3.8, 4) is 0 Å². The molecule has 1 heterocycles. The maximum absolute atomic E-state index is 11.9. The van der Waals surface area contributed by atoms with Gasteiger partial charge in [-0.05, 0) is 46.5 Å². The fraction of sp³-hybridized carbons (Fsp3) is 0.778. The minimum atomic E-state index is -0.555. The van der Waals surface area contributed by atoms with Gasteiger partial charge in [0.15, 0.2) is 0 Å². The van der Waals surface area contributed by atoms with Gasteiger partial charge in [0.25, 0.3) is 0 Å². The Bertz CT molecular complexity index is 486. The smallest absolute Gasteiger partial charge is 0.407 e. The number of hydrogen-bond acceptors (Lipinski definition) is 5. The number of ether oxygens (including phenoxy) is 3. The zero-order valence-corrected chi connectivity index (χ0v) is 15.7. The van der Waals surface area contributed by atoms with Crippen molar-refractivity contribution in [2.45, 2.75) is 71.7 Å². The summed E-state index contributed by atoms with van der Waals surface area (Å²) in [6, 6.07) is 0. The molecule has 1 aliphatic rings. The number of carbonyl (C=O) groups is 2. The predicted octanol–water partition coefficient (Wildman–Crippen LogP) is 3.20. The van der Waals surface area contributed by atoms with E-state index in [1.54, 1.807) is 6.92 Å². The third-order valence-corrected chi connectivity index (χ3v) is 4.60. The van der Waals surface area contributed by atoms with E-state index in [-0.39, 0.29) is 24.9 Å². The van der Waals surface area contributed by atoms with Crippen LogP contribution in [0, 0.1) is 5.92 Å². The molecule has 0 spiro atoms. The van der Waals surface area contributed by atoms with E-state index < -0.39 is 17.7 Å². The molecule has 1 saturated heterocycles. The molecular weight excluding hydrogens is 310 g/mol. The van der Waals surface area contributed by atoms with Gasteiger partial charge in [0, 0.05) is 5.57 Å². The van der Waals surface area contributed by atoms with Gasteiger partial charge in [0.05, 0.1) is 12.1 Å². The second kappa shape index (κ2) is 8.01. The summed E-state index contributed by atoms with van der Waals surface area (Å²) in [5.74, 6) is -0.0884. The van der Waals surface area contributed by atoms with E-state index in [1.807, 2.05) is 13.8 Å². The highest BCUT2D eigenvalue weighted by molar-refractivity contribution is 5.86. The Labute approximate surface area is 144 Å². The minimum Gasteiger partial charge on any atom is -0.460 e. The quantitative estimate of drug-likeness (QED) is 0.456. The van der Waals surface area contributed by atoms with Crippen LogP contribution in [0.1, 0.15) is 54.4 Å². The molecule has 1 fully saturated rings. The molecule has 6 heteroatoms. The molecule has 1 amide bonds. The molecule has 0 saturated carbocycles. The van der Waals surface area contributed by atoms with Crippen LogP contribution in [0.2, 0.25) is 0 Å². The van der Waals surface area contributed by atoms with Crippen molar-refractivity contribution in [1.29, 1.82) is 0 Å². The van der Waals surface area contributed by atoms with Crippen molar-refractivity contribution in [3.05, 3.63) is 12.2 Å². The molecule has 0 bridgehead atoms. The first-order chi connectivity index (χ1) is 11.0. The molecule has 6 nitrogen and oxygen atoms in total. The van der Waals surface area contributed by atoms with Crippen LogP contribution in [-0.2, 0) is 19.0 Å². The number of alkyl carbamates (subject to hydrolysis) is 1. The number of hydrogen-bond donors (Lipinski definition) is 1. The van der Waals surface area contributed by atoms with Crippen LogP contribution in [0.4, 0.5) is 4.79 Å². The second-order valence-electron chi connectivity index (χ2n) is 7.45. The SMILES string of the molecule is C=C(C)C(=O)OCCNC(=O)OC1CCC(C)(C(C)C)OC1(C)C. The second-order valence-corrected chi connectivity index (χ2v) is 7.45. The fourth-order valence-electron chi connectivity index (χ4n) is 2.68. The highest BCUT2D eigenvalue weighted by Crippen LogP contribution is 2.40. The summed E-state index contributed by atoms with van der Waals surface area (Å²) in [5.41, 5.74) is -0.440. The Morgan fingerprint density at radius 3 is 2.46 bits per heavy atom. The molecule has 1 N–H and O–H groups in total. The predicted molar refractivity (Wildman–Crippen MR) is 91.7 cm³/mol. The maximum Gasteiger partial charge on any atom is 0.407 e. The largest absolute Gasteiger partial charge is 0.460 e. The standard InChI is InChI=1S/C18H31NO5/c1-12(2)15(20)22-11-10-19-16(21)23-14-8-9-18(7,13(3)4)24-17(14,5)6/h13-14H,1,8-11H2,2-7H3,(H,19,21). The number of rotatable bonds is 6. The van der Waals surface area contributed by atoms with Gasteiger partial charge in [-0.1, -0.05) is 20.4 Å². The van der Waals surface area contributed by atoms with E-state index in [9.17, 15) is 9.59 Å². The third kappa shape index (κ3) is 5.51. The highest BCUT2D eigenvalue weighted by atomic mass is 16.6. The molecule has 0 aliphatic carbocycles. The van der Waals surface area contributed by atoms with Crippen molar-refractivity contribution in [1.82, 2.24) is 5.32 Å². The first-order valence-corrected chi connectivity index (χ1v) is 8.45. The molecule has 138 valence electrons. The van der Waals surface area contributed by atoms with Gasteiger partial charge in [0.2, 0.25) is 0 Å². The lowest BCUT2D eigenvalue weighted by Crippen LogP contribution is -2.55. The Morgan fingerprint density at radius 1 is 1.33 bits per heavy atom. The molecule has 0 aromatic carbocycles. The zero-order chi connectivity index (χ0) is 18.5. The summed E-state index contributed by atoms with van der Waals surface area (Å²) in [6.45, 7) is 15.6. The number of amides is 1. The molecule has 24 heavy (non-hydrogen) atoms. The van der Waals surface area contributed by atoms with Crippen LogP contribution < -0.4 is 5.32 Å². The van der Waals surface area contributed by atoms with E-state index in [4.69, 9.17) is 14.2 Å². The van der Waals surface area contributed by atoms with Crippen LogP contribution in [0.3, 0.4) is 0 Å². The van der Waals surface area contributed by atoms with E-state index in [2.05, 4.69) is 32.7 Å². The van der Waals surface area contributed by atoms with Crippen molar-refractivity contribution in [2.75, 3.05) is 13.2 Å². The van der Waals surface area contributed by atoms with Crippen molar-refractivity contribution >= 4 is 12.1 Å². The lowest BCUT2D eigenvalue weighted by atomic mass is 9.79. The van der Waals surface area contributed by atoms with Crippen LogP contribution in [0.15, 0.2) is 12.2 Å². The van der Waals surface area contributed by atoms with Gasteiger partial charge < -0.3 is 19.5 Å². The van der Waals surface area contributed by atoms with Crippen molar-refractivity contribution in [3.63, 3.8) is 0 Å². The first-order valence-electron chi connectivity index (χ1n) is 8.45. The van der Waals surface area contributed by atoms with Gasteiger partial charge in [0.1, 0.15) is 18.3 Å². The van der Waals surface area contributed by atoms with Crippen molar-refractivity contribution < 1.29 is 23.8 Å². The number of nitrogens with one attached hydrogen (secondary N) is 1. The molecule has 1 rings (SSSR count). The monoisotopic (exact) mass is 341 g/mol. The summed E-state index contributed by atoms with van der Waals surface area (Å²) >= 11 is 0. The van der Waals surface area contributed by atoms with Gasteiger partial charge >= 0.3 is 12.1 Å². The average molecular weight is 341 g/mol. The molecule has 0 aromatic rings. The van der Waals surface area contributed by atoms with E-state index in [1.165, 1.54) is 0 Å². The van der Waals surface area contributed by atoms with Gasteiger partial charge in [-0.2, -0.15) is 0 Å². The molecule has 2 unspecified atom stereocenters. The molecular formula is C18H31NO5. The Kier molecular flexibility index (Phi) is 6.84. The molecule has 1 aliphatic heterocycles. The summed E-state index contributed by atoms with van der Waals surface area (Å²) in [4.78, 5) is 23.1. The number of carbonyl (C=O) groups excluding carboxylic acids is 2. The van der Waals surface area contributed by atoms with Crippen LogP contribution in [-0.4, -0.2) is 42.5 Å². The number of esters is 1. The normalized spacial score (nSPS) is 25.9. The summed E-state index contributed by atoms with van der Waals surface area (Å²) in [5, 5.41) is 2.58. The van der Waals surface area contributed by atoms with Gasteiger partial charge in [-0.25, -0.2) is 9.59 Å².